The summed E-state index contributed by atoms with van der Waals surface area (Å²) in [5.74, 6) is -0.241. The van der Waals surface area contributed by atoms with Gasteiger partial charge in [0.05, 0.1) is 0 Å². The van der Waals surface area contributed by atoms with Crippen LogP contribution in [0.1, 0.15) is 12.5 Å². The zero-order valence-electron chi connectivity index (χ0n) is 7.31. The van der Waals surface area contributed by atoms with Crippen LogP contribution in [0.2, 0.25) is 0 Å². The lowest BCUT2D eigenvalue weighted by atomic mass is 10.2. The van der Waals surface area contributed by atoms with E-state index in [-0.39, 0.29) is 5.97 Å². The van der Waals surface area contributed by atoms with E-state index in [0.717, 1.165) is 12.7 Å². The van der Waals surface area contributed by atoms with Gasteiger partial charge in [0.15, 0.2) is 0 Å². The normalized spacial score (nSPS) is 10.0. The number of hydrogen-bond acceptors (Lipinski definition) is 2. The summed E-state index contributed by atoms with van der Waals surface area (Å²) >= 11 is 6.80. The van der Waals surface area contributed by atoms with Crippen molar-refractivity contribution in [2.24, 2.45) is 0 Å². The van der Waals surface area contributed by atoms with Gasteiger partial charge in [-0.15, -0.1) is 0 Å². The van der Waals surface area contributed by atoms with Gasteiger partial charge in [-0.2, -0.15) is 0 Å². The van der Waals surface area contributed by atoms with Crippen molar-refractivity contribution in [2.45, 2.75) is 13.5 Å². The van der Waals surface area contributed by atoms with E-state index in [1.54, 1.807) is 0 Å². The number of carbonyl (C=O) groups is 1. The third kappa shape index (κ3) is 3.80. The molecular weight excluding hydrogens is 521 g/mol. The lowest BCUT2D eigenvalue weighted by Gasteiger charge is -2.07. The Balaban J connectivity index is 2.90. The number of halogens is 3. The van der Waals surface area contributed by atoms with Gasteiger partial charge < -0.3 is 4.74 Å². The molecule has 2 nitrogen and oxygen atoms in total. The Kier molecular flexibility index (Phi) is 5.39. The van der Waals surface area contributed by atoms with Crippen LogP contribution in [-0.2, 0) is 16.1 Å². The summed E-state index contributed by atoms with van der Waals surface area (Å²) in [7, 11) is 0. The highest BCUT2D eigenvalue weighted by atomic mass is 127. The minimum Gasteiger partial charge on any atom is -0.461 e. The maximum Gasteiger partial charge on any atom is 0.302 e. The van der Waals surface area contributed by atoms with Crippen LogP contribution in [0.3, 0.4) is 0 Å². The van der Waals surface area contributed by atoms with Gasteiger partial charge in [0.1, 0.15) is 6.61 Å². The number of benzene rings is 1. The largest absolute Gasteiger partial charge is 0.461 e. The summed E-state index contributed by atoms with van der Waals surface area (Å²) in [6, 6.07) is 4.13. The molecule has 0 aromatic heterocycles. The second kappa shape index (κ2) is 5.83. The summed E-state index contributed by atoms with van der Waals surface area (Å²) < 4.78 is 8.48. The summed E-state index contributed by atoms with van der Waals surface area (Å²) in [5, 5.41) is 0. The second-order valence-corrected chi connectivity index (χ2v) is 6.13. The highest BCUT2D eigenvalue weighted by molar-refractivity contribution is 14.1. The van der Waals surface area contributed by atoms with Crippen molar-refractivity contribution in [3.63, 3.8) is 0 Å². The fourth-order valence-electron chi connectivity index (χ4n) is 0.894. The first-order valence-corrected chi connectivity index (χ1v) is 7.01. The monoisotopic (exact) mass is 528 g/mol. The summed E-state index contributed by atoms with van der Waals surface area (Å²) in [6.45, 7) is 1.78. The fourth-order valence-corrected chi connectivity index (χ4v) is 3.33. The van der Waals surface area contributed by atoms with Crippen molar-refractivity contribution in [1.29, 1.82) is 0 Å². The molecule has 0 aliphatic rings. The molecule has 0 spiro atoms. The van der Waals surface area contributed by atoms with Crippen LogP contribution in [0.5, 0.6) is 0 Å². The SMILES string of the molecule is CC(=O)OCc1cc(I)cc(I)c1I. The molecule has 0 aliphatic heterocycles. The Morgan fingerprint density at radius 3 is 2.57 bits per heavy atom. The Morgan fingerprint density at radius 2 is 2.00 bits per heavy atom. The standard InChI is InChI=1S/C9H7I3O2/c1-5(13)14-4-6-2-7(10)3-8(11)9(6)12/h2-3H,4H2,1H3. The van der Waals surface area contributed by atoms with Crippen LogP contribution in [0.4, 0.5) is 0 Å². The molecule has 0 N–H and O–H groups in total. The zero-order chi connectivity index (χ0) is 10.7. The topological polar surface area (TPSA) is 26.3 Å². The van der Waals surface area contributed by atoms with E-state index < -0.39 is 0 Å². The Hall–Kier alpha value is 0.880. The van der Waals surface area contributed by atoms with E-state index in [1.165, 1.54) is 10.5 Å². The van der Waals surface area contributed by atoms with E-state index in [9.17, 15) is 4.79 Å². The molecule has 0 atom stereocenters. The molecule has 14 heavy (non-hydrogen) atoms. The van der Waals surface area contributed by atoms with Gasteiger partial charge in [0.2, 0.25) is 0 Å². The molecule has 0 radical (unpaired) electrons. The number of esters is 1. The molecule has 5 heteroatoms. The molecule has 1 rings (SSSR count). The van der Waals surface area contributed by atoms with Crippen LogP contribution in [0, 0.1) is 10.7 Å². The van der Waals surface area contributed by atoms with Gasteiger partial charge in [0, 0.05) is 23.2 Å². The van der Waals surface area contributed by atoms with Crippen LogP contribution in [-0.4, -0.2) is 5.97 Å². The molecule has 0 aliphatic carbocycles. The van der Waals surface area contributed by atoms with Crippen molar-refractivity contribution in [1.82, 2.24) is 0 Å². The number of hydrogen-bond donors (Lipinski definition) is 0. The summed E-state index contributed by atoms with van der Waals surface area (Å²) in [5.41, 5.74) is 1.07. The van der Waals surface area contributed by atoms with E-state index in [4.69, 9.17) is 4.74 Å². The summed E-state index contributed by atoms with van der Waals surface area (Å²) in [4.78, 5) is 10.7. The molecule has 0 bridgehead atoms. The molecule has 0 amide bonds. The number of carbonyl (C=O) groups excluding carboxylic acids is 1. The molecule has 0 unspecified atom stereocenters. The van der Waals surface area contributed by atoms with Gasteiger partial charge in [-0.05, 0) is 79.9 Å². The first-order valence-electron chi connectivity index (χ1n) is 3.77. The highest BCUT2D eigenvalue weighted by Gasteiger charge is 2.06. The molecule has 0 saturated carbocycles. The molecule has 1 aromatic carbocycles. The van der Waals surface area contributed by atoms with Crippen LogP contribution >= 0.6 is 67.8 Å². The smallest absolute Gasteiger partial charge is 0.302 e. The Morgan fingerprint density at radius 1 is 1.36 bits per heavy atom. The van der Waals surface area contributed by atoms with E-state index in [2.05, 4.69) is 73.8 Å². The van der Waals surface area contributed by atoms with Gasteiger partial charge >= 0.3 is 5.97 Å². The predicted octanol–water partition coefficient (Wildman–Crippen LogP) is 3.56. The number of rotatable bonds is 2. The third-order valence-corrected chi connectivity index (χ3v) is 5.28. The van der Waals surface area contributed by atoms with Gasteiger partial charge in [-0.3, -0.25) is 4.79 Å². The fraction of sp³-hybridized carbons (Fsp3) is 0.222. The maximum absolute atomic E-state index is 10.7. The van der Waals surface area contributed by atoms with Crippen LogP contribution < -0.4 is 0 Å². The highest BCUT2D eigenvalue weighted by Crippen LogP contribution is 2.23. The number of ether oxygens (including phenoxy) is 1. The van der Waals surface area contributed by atoms with Gasteiger partial charge in [-0.1, -0.05) is 0 Å². The molecular formula is C9H7I3O2. The Labute approximate surface area is 124 Å². The van der Waals surface area contributed by atoms with Gasteiger partial charge in [0.25, 0.3) is 0 Å². The van der Waals surface area contributed by atoms with E-state index in [0.29, 0.717) is 6.61 Å². The van der Waals surface area contributed by atoms with Crippen LogP contribution in [0.15, 0.2) is 12.1 Å². The van der Waals surface area contributed by atoms with Crippen molar-refractivity contribution in [3.05, 3.63) is 28.4 Å². The first kappa shape index (κ1) is 12.9. The van der Waals surface area contributed by atoms with Crippen molar-refractivity contribution >= 4 is 73.7 Å². The molecule has 0 heterocycles. The molecule has 76 valence electrons. The predicted molar refractivity (Wildman–Crippen MR) is 80.1 cm³/mol. The molecule has 1 aromatic rings. The lowest BCUT2D eigenvalue weighted by molar-refractivity contribution is -0.142. The summed E-state index contributed by atoms with van der Waals surface area (Å²) in [6.07, 6.45) is 0. The second-order valence-electron chi connectivity index (χ2n) is 2.64. The molecule has 0 fully saturated rings. The van der Waals surface area contributed by atoms with Crippen LogP contribution in [0.25, 0.3) is 0 Å². The quantitative estimate of drug-likeness (QED) is 0.334. The zero-order valence-corrected chi connectivity index (χ0v) is 13.8. The minimum atomic E-state index is -0.241. The van der Waals surface area contributed by atoms with E-state index in [1.807, 2.05) is 6.07 Å². The van der Waals surface area contributed by atoms with Gasteiger partial charge in [-0.25, -0.2) is 0 Å². The minimum absolute atomic E-state index is 0.241. The lowest BCUT2D eigenvalue weighted by Crippen LogP contribution is -2.02. The first-order chi connectivity index (χ1) is 6.50. The third-order valence-electron chi connectivity index (χ3n) is 1.50. The Bertz CT molecular complexity index is 363. The van der Waals surface area contributed by atoms with E-state index >= 15 is 0 Å². The maximum atomic E-state index is 10.7. The van der Waals surface area contributed by atoms with Crippen molar-refractivity contribution in [2.75, 3.05) is 0 Å². The average molecular weight is 528 g/mol. The van der Waals surface area contributed by atoms with Crippen molar-refractivity contribution < 1.29 is 9.53 Å². The van der Waals surface area contributed by atoms with Crippen molar-refractivity contribution in [3.8, 4) is 0 Å². The molecule has 0 saturated heterocycles. The average Bonchev–Trinajstić information content (AvgIpc) is 2.08.